The highest BCUT2D eigenvalue weighted by atomic mass is 32.2. The second-order valence-electron chi connectivity index (χ2n) is 8.30. The predicted octanol–water partition coefficient (Wildman–Crippen LogP) is 4.38. The number of fused-ring (bicyclic) bond motifs is 2. The van der Waals surface area contributed by atoms with Crippen molar-refractivity contribution in [1.82, 2.24) is 4.72 Å². The van der Waals surface area contributed by atoms with Crippen molar-refractivity contribution in [3.8, 4) is 6.07 Å². The summed E-state index contributed by atoms with van der Waals surface area (Å²) in [5.74, 6) is 0.0106. The summed E-state index contributed by atoms with van der Waals surface area (Å²) >= 11 is 1.42. The molecular weight excluding hydrogens is 413 g/mol. The third kappa shape index (κ3) is 5.09. The van der Waals surface area contributed by atoms with Crippen molar-refractivity contribution >= 4 is 24.0 Å². The Hall–Kier alpha value is -2.40. The first-order valence-corrected chi connectivity index (χ1v) is 11.3. The number of aliphatic hydroxyl groups is 1. The van der Waals surface area contributed by atoms with Gasteiger partial charge in [0.05, 0.1) is 17.2 Å². The lowest BCUT2D eigenvalue weighted by Gasteiger charge is -2.18. The number of rotatable bonds is 5. The van der Waals surface area contributed by atoms with Crippen LogP contribution in [-0.4, -0.2) is 18.6 Å². The molecule has 0 spiro atoms. The van der Waals surface area contributed by atoms with Crippen LogP contribution in [0.3, 0.4) is 0 Å². The summed E-state index contributed by atoms with van der Waals surface area (Å²) in [6, 6.07) is 7.46. The molecular formula is C24H28FN3O2S. The van der Waals surface area contributed by atoms with E-state index in [2.05, 4.69) is 16.1 Å². The molecule has 0 heterocycles. The SMILES string of the molecule is CNSc1cc(C#N)cc(C(C)(C)O)c1.O=CNc1c2c(c(F)c3c1CCC3)CCC2. The Balaban J connectivity index is 0.000000176. The van der Waals surface area contributed by atoms with Gasteiger partial charge >= 0.3 is 0 Å². The van der Waals surface area contributed by atoms with Crippen LogP contribution in [0.25, 0.3) is 0 Å². The zero-order valence-corrected chi connectivity index (χ0v) is 19.0. The molecule has 0 aliphatic heterocycles. The molecule has 31 heavy (non-hydrogen) atoms. The van der Waals surface area contributed by atoms with Crippen LogP contribution in [0.5, 0.6) is 0 Å². The number of carbonyl (C=O) groups is 1. The van der Waals surface area contributed by atoms with Crippen molar-refractivity contribution in [1.29, 1.82) is 5.26 Å². The number of carbonyl (C=O) groups excluding carboxylic acids is 1. The van der Waals surface area contributed by atoms with E-state index in [0.717, 1.165) is 76.9 Å². The Kier molecular flexibility index (Phi) is 7.37. The molecule has 5 nitrogen and oxygen atoms in total. The third-order valence-electron chi connectivity index (χ3n) is 5.73. The molecule has 0 fully saturated rings. The van der Waals surface area contributed by atoms with Crippen LogP contribution in [-0.2, 0) is 36.1 Å². The summed E-state index contributed by atoms with van der Waals surface area (Å²) in [5.41, 5.74) is 5.10. The molecule has 4 rings (SSSR count). The Bertz CT molecular complexity index is 990. The number of amides is 1. The van der Waals surface area contributed by atoms with Crippen LogP contribution in [0, 0.1) is 17.1 Å². The largest absolute Gasteiger partial charge is 0.386 e. The molecule has 7 heteroatoms. The van der Waals surface area contributed by atoms with Gasteiger partial charge in [0.2, 0.25) is 6.41 Å². The first-order chi connectivity index (χ1) is 14.8. The Morgan fingerprint density at radius 1 is 1.10 bits per heavy atom. The molecule has 0 saturated carbocycles. The summed E-state index contributed by atoms with van der Waals surface area (Å²) in [6.07, 6.45) is 6.16. The van der Waals surface area contributed by atoms with E-state index in [4.69, 9.17) is 5.26 Å². The van der Waals surface area contributed by atoms with Crippen LogP contribution in [0.2, 0.25) is 0 Å². The molecule has 2 aliphatic rings. The van der Waals surface area contributed by atoms with Crippen molar-refractivity contribution in [3.05, 3.63) is 57.4 Å². The molecule has 0 bridgehead atoms. The average Bonchev–Trinajstić information content (AvgIpc) is 3.41. The summed E-state index contributed by atoms with van der Waals surface area (Å²) in [6.45, 7) is 3.41. The molecule has 0 aromatic heterocycles. The molecule has 0 unspecified atom stereocenters. The zero-order chi connectivity index (χ0) is 22.6. The predicted molar refractivity (Wildman–Crippen MR) is 121 cm³/mol. The zero-order valence-electron chi connectivity index (χ0n) is 18.1. The van der Waals surface area contributed by atoms with E-state index in [-0.39, 0.29) is 5.82 Å². The minimum absolute atomic E-state index is 0.0106. The maximum Gasteiger partial charge on any atom is 0.211 e. The monoisotopic (exact) mass is 441 g/mol. The normalized spacial score (nSPS) is 14.2. The van der Waals surface area contributed by atoms with Gasteiger partial charge in [-0.2, -0.15) is 5.26 Å². The number of anilines is 1. The lowest BCUT2D eigenvalue weighted by atomic mass is 9.97. The third-order valence-corrected chi connectivity index (χ3v) is 6.41. The van der Waals surface area contributed by atoms with E-state index >= 15 is 0 Å². The van der Waals surface area contributed by atoms with Crippen LogP contribution in [0.4, 0.5) is 10.1 Å². The lowest BCUT2D eigenvalue weighted by molar-refractivity contribution is -0.105. The number of hydrogen-bond acceptors (Lipinski definition) is 5. The molecule has 164 valence electrons. The fraction of sp³-hybridized carbons (Fsp3) is 0.417. The van der Waals surface area contributed by atoms with E-state index < -0.39 is 5.60 Å². The van der Waals surface area contributed by atoms with E-state index in [9.17, 15) is 14.3 Å². The molecule has 1 amide bonds. The number of nitrogens with zero attached hydrogens (tertiary/aromatic N) is 1. The number of nitrogens with one attached hydrogen (secondary N) is 2. The summed E-state index contributed by atoms with van der Waals surface area (Å²) in [7, 11) is 1.81. The summed E-state index contributed by atoms with van der Waals surface area (Å²) in [5, 5.41) is 21.5. The number of halogens is 1. The number of nitriles is 1. The molecule has 0 radical (unpaired) electrons. The smallest absolute Gasteiger partial charge is 0.211 e. The van der Waals surface area contributed by atoms with Gasteiger partial charge in [-0.15, -0.1) is 0 Å². The fourth-order valence-electron chi connectivity index (χ4n) is 4.31. The topological polar surface area (TPSA) is 85.2 Å². The average molecular weight is 442 g/mol. The van der Waals surface area contributed by atoms with Gasteiger partial charge in [-0.1, -0.05) is 0 Å². The van der Waals surface area contributed by atoms with Crippen LogP contribution >= 0.6 is 11.9 Å². The van der Waals surface area contributed by atoms with E-state index in [0.29, 0.717) is 12.0 Å². The molecule has 2 aromatic rings. The van der Waals surface area contributed by atoms with Crippen LogP contribution in [0.1, 0.15) is 60.1 Å². The van der Waals surface area contributed by atoms with Crippen molar-refractivity contribution in [2.24, 2.45) is 0 Å². The second-order valence-corrected chi connectivity index (χ2v) is 9.38. The highest BCUT2D eigenvalue weighted by molar-refractivity contribution is 7.97. The van der Waals surface area contributed by atoms with Gasteiger partial charge < -0.3 is 10.4 Å². The van der Waals surface area contributed by atoms with Crippen molar-refractivity contribution in [2.75, 3.05) is 12.4 Å². The van der Waals surface area contributed by atoms with Crippen molar-refractivity contribution in [3.63, 3.8) is 0 Å². The Morgan fingerprint density at radius 2 is 1.68 bits per heavy atom. The van der Waals surface area contributed by atoms with Gasteiger partial charge in [-0.3, -0.25) is 9.52 Å². The molecule has 0 atom stereocenters. The van der Waals surface area contributed by atoms with E-state index in [1.807, 2.05) is 13.1 Å². The quantitative estimate of drug-likeness (QED) is 0.474. The van der Waals surface area contributed by atoms with Crippen molar-refractivity contribution in [2.45, 2.75) is 62.9 Å². The first kappa shape index (κ1) is 23.3. The first-order valence-electron chi connectivity index (χ1n) is 10.5. The minimum atomic E-state index is -0.921. The van der Waals surface area contributed by atoms with Crippen molar-refractivity contribution < 1.29 is 14.3 Å². The van der Waals surface area contributed by atoms with E-state index in [1.54, 1.807) is 26.0 Å². The van der Waals surface area contributed by atoms with Crippen LogP contribution in [0.15, 0.2) is 23.1 Å². The maximum atomic E-state index is 14.2. The van der Waals surface area contributed by atoms with Gasteiger partial charge in [-0.05, 0) is 117 Å². The van der Waals surface area contributed by atoms with Gasteiger partial charge in [0.25, 0.3) is 0 Å². The Labute approximate surface area is 187 Å². The summed E-state index contributed by atoms with van der Waals surface area (Å²) in [4.78, 5) is 11.6. The highest BCUT2D eigenvalue weighted by Gasteiger charge is 2.28. The molecule has 3 N–H and O–H groups in total. The molecule has 0 saturated heterocycles. The maximum absolute atomic E-state index is 14.2. The fourth-order valence-corrected chi connectivity index (χ4v) is 4.92. The standard InChI is InChI=1S/C13H14FNO.C11H14N2OS/c14-12-8-3-1-5-10(8)13(15-7-16)11-6-2-4-9(11)12;1-11(2,14)9-4-8(7-12)5-10(6-9)15-13-3/h7H,1-6H2,(H,15,16);4-6,13-14H,1-3H3. The highest BCUT2D eigenvalue weighted by Crippen LogP contribution is 2.40. The minimum Gasteiger partial charge on any atom is -0.386 e. The van der Waals surface area contributed by atoms with Gasteiger partial charge in [-0.25, -0.2) is 4.39 Å². The molecule has 2 aliphatic carbocycles. The van der Waals surface area contributed by atoms with Crippen LogP contribution < -0.4 is 10.0 Å². The van der Waals surface area contributed by atoms with Gasteiger partial charge in [0.15, 0.2) is 0 Å². The van der Waals surface area contributed by atoms with E-state index in [1.165, 1.54) is 11.9 Å². The Morgan fingerprint density at radius 3 is 2.16 bits per heavy atom. The second kappa shape index (κ2) is 9.82. The van der Waals surface area contributed by atoms with Gasteiger partial charge in [0, 0.05) is 10.6 Å². The van der Waals surface area contributed by atoms with Gasteiger partial charge in [0.1, 0.15) is 5.82 Å². The molecule has 2 aromatic carbocycles. The number of benzene rings is 2. The summed E-state index contributed by atoms with van der Waals surface area (Å²) < 4.78 is 17.1. The lowest BCUT2D eigenvalue weighted by Crippen LogP contribution is -2.15. The number of hydrogen-bond donors (Lipinski definition) is 3.